The van der Waals surface area contributed by atoms with Crippen molar-refractivity contribution in [1.82, 2.24) is 0 Å². The molecule has 0 saturated carbocycles. The molecule has 0 aliphatic carbocycles. The molecular formula is C32H35NO4. The average molecular weight is 498 g/mol. The highest BCUT2D eigenvalue weighted by Crippen LogP contribution is 2.43. The van der Waals surface area contributed by atoms with Gasteiger partial charge in [0.05, 0.1) is 18.2 Å². The highest BCUT2D eigenvalue weighted by Gasteiger charge is 2.47. The maximum atomic E-state index is 13.5. The number of hydrogen-bond donors (Lipinski definition) is 1. The number of benzene rings is 3. The number of ether oxygens (including phenoxy) is 1. The van der Waals surface area contributed by atoms with Crippen LogP contribution in [0.1, 0.15) is 68.0 Å². The number of aliphatic hydroxyl groups excluding tert-OH is 1. The van der Waals surface area contributed by atoms with Crippen molar-refractivity contribution in [2.75, 3.05) is 11.5 Å². The van der Waals surface area contributed by atoms with E-state index in [1.807, 2.05) is 69.3 Å². The quantitative estimate of drug-likeness (QED) is 0.226. The van der Waals surface area contributed by atoms with Crippen LogP contribution >= 0.6 is 0 Å². The Labute approximate surface area is 219 Å². The minimum absolute atomic E-state index is 0.0509. The first-order chi connectivity index (χ1) is 17.5. The lowest BCUT2D eigenvalue weighted by atomic mass is 9.85. The molecule has 5 nitrogen and oxygen atoms in total. The number of carbonyl (C=O) groups excluding carboxylic acids is 2. The van der Waals surface area contributed by atoms with Crippen LogP contribution in [0, 0.1) is 13.8 Å². The molecule has 0 spiro atoms. The number of anilines is 1. The third-order valence-corrected chi connectivity index (χ3v) is 6.89. The van der Waals surface area contributed by atoms with E-state index >= 15 is 0 Å². The smallest absolute Gasteiger partial charge is 0.300 e. The van der Waals surface area contributed by atoms with Gasteiger partial charge in [-0.3, -0.25) is 14.5 Å². The van der Waals surface area contributed by atoms with E-state index in [9.17, 15) is 14.7 Å². The molecule has 37 heavy (non-hydrogen) atoms. The van der Waals surface area contributed by atoms with Crippen LogP contribution in [0.25, 0.3) is 5.76 Å². The van der Waals surface area contributed by atoms with Crippen molar-refractivity contribution in [3.8, 4) is 5.75 Å². The van der Waals surface area contributed by atoms with E-state index in [0.717, 1.165) is 28.7 Å². The van der Waals surface area contributed by atoms with E-state index in [-0.39, 0.29) is 16.7 Å². The summed E-state index contributed by atoms with van der Waals surface area (Å²) in [6.45, 7) is 12.9. The Bertz CT molecular complexity index is 1360. The number of aliphatic hydroxyl groups is 1. The highest BCUT2D eigenvalue weighted by atomic mass is 16.5. The molecule has 1 atom stereocenters. The maximum Gasteiger partial charge on any atom is 0.300 e. The molecule has 1 amide bonds. The number of aryl methyl sites for hydroxylation is 2. The van der Waals surface area contributed by atoms with Crippen LogP contribution in [0.3, 0.4) is 0 Å². The van der Waals surface area contributed by atoms with E-state index in [1.54, 1.807) is 18.2 Å². The van der Waals surface area contributed by atoms with Crippen LogP contribution in [0.15, 0.2) is 72.3 Å². The summed E-state index contributed by atoms with van der Waals surface area (Å²) in [4.78, 5) is 28.5. The van der Waals surface area contributed by atoms with Gasteiger partial charge in [-0.05, 0) is 66.1 Å². The zero-order valence-electron chi connectivity index (χ0n) is 22.5. The van der Waals surface area contributed by atoms with Crippen molar-refractivity contribution < 1.29 is 19.4 Å². The van der Waals surface area contributed by atoms with Crippen LogP contribution < -0.4 is 9.64 Å². The van der Waals surface area contributed by atoms with Crippen LogP contribution in [0.5, 0.6) is 5.75 Å². The van der Waals surface area contributed by atoms with Crippen LogP contribution in [-0.2, 0) is 15.0 Å². The Morgan fingerprint density at radius 1 is 0.946 bits per heavy atom. The molecule has 1 unspecified atom stereocenters. The van der Waals surface area contributed by atoms with Gasteiger partial charge in [-0.25, -0.2) is 0 Å². The van der Waals surface area contributed by atoms with Gasteiger partial charge in [0, 0.05) is 17.3 Å². The fraction of sp³-hybridized carbons (Fsp3) is 0.312. The first-order valence-corrected chi connectivity index (χ1v) is 12.7. The molecule has 1 heterocycles. The Morgan fingerprint density at radius 3 is 2.27 bits per heavy atom. The topological polar surface area (TPSA) is 66.8 Å². The predicted octanol–water partition coefficient (Wildman–Crippen LogP) is 7.02. The van der Waals surface area contributed by atoms with Crippen LogP contribution in [0.2, 0.25) is 0 Å². The third kappa shape index (κ3) is 5.17. The largest absolute Gasteiger partial charge is 0.507 e. The van der Waals surface area contributed by atoms with E-state index in [1.165, 1.54) is 4.90 Å². The van der Waals surface area contributed by atoms with Crippen molar-refractivity contribution in [3.63, 3.8) is 0 Å². The van der Waals surface area contributed by atoms with Gasteiger partial charge in [-0.2, -0.15) is 0 Å². The number of hydrogen-bond acceptors (Lipinski definition) is 4. The number of carbonyl (C=O) groups is 2. The summed E-state index contributed by atoms with van der Waals surface area (Å²) in [5, 5.41) is 11.4. The first kappa shape index (κ1) is 26.2. The van der Waals surface area contributed by atoms with Crippen molar-refractivity contribution >= 4 is 23.1 Å². The molecule has 3 aromatic carbocycles. The second-order valence-electron chi connectivity index (χ2n) is 10.7. The van der Waals surface area contributed by atoms with Crippen LogP contribution in [-0.4, -0.2) is 23.4 Å². The summed E-state index contributed by atoms with van der Waals surface area (Å²) in [6.07, 6.45) is 0.852. The number of rotatable bonds is 6. The standard InChI is InChI=1S/C32H35NO4/c1-7-17-37-26-10-8-9-25(19-26)33-28(22-13-15-24(16-14-22)32(4,5)6)27(30(35)31(33)36)29(34)23-12-11-20(2)21(3)18-23/h8-16,18-19,28,34H,7,17H2,1-6H3/b29-27+. The molecule has 4 rings (SSSR count). The second-order valence-corrected chi connectivity index (χ2v) is 10.7. The second kappa shape index (κ2) is 10.3. The predicted molar refractivity (Wildman–Crippen MR) is 148 cm³/mol. The molecule has 1 fully saturated rings. The number of amides is 1. The molecule has 1 saturated heterocycles. The Kier molecular flexibility index (Phi) is 7.26. The number of ketones is 1. The number of Topliss-reactive ketones (excluding diaryl/α,β-unsaturated/α-hetero) is 1. The van der Waals surface area contributed by atoms with E-state index in [0.29, 0.717) is 23.6 Å². The van der Waals surface area contributed by atoms with Gasteiger partial charge >= 0.3 is 0 Å². The molecule has 0 bridgehead atoms. The Balaban J connectivity index is 1.90. The molecule has 3 aromatic rings. The summed E-state index contributed by atoms with van der Waals surface area (Å²) in [6, 6.07) is 19.9. The molecule has 5 heteroatoms. The fourth-order valence-electron chi connectivity index (χ4n) is 4.57. The zero-order valence-corrected chi connectivity index (χ0v) is 22.5. The zero-order chi connectivity index (χ0) is 26.9. The van der Waals surface area contributed by atoms with Gasteiger partial charge in [0.1, 0.15) is 11.5 Å². The van der Waals surface area contributed by atoms with Gasteiger partial charge in [0.25, 0.3) is 11.7 Å². The number of nitrogens with zero attached hydrogens (tertiary/aromatic N) is 1. The first-order valence-electron chi connectivity index (χ1n) is 12.7. The summed E-state index contributed by atoms with van der Waals surface area (Å²) in [5.74, 6) is -0.937. The summed E-state index contributed by atoms with van der Waals surface area (Å²) in [7, 11) is 0. The maximum absolute atomic E-state index is 13.5. The third-order valence-electron chi connectivity index (χ3n) is 6.89. The summed E-state index contributed by atoms with van der Waals surface area (Å²) >= 11 is 0. The molecule has 1 N–H and O–H groups in total. The SMILES string of the molecule is CCCOc1cccc(N2C(=O)C(=O)/C(=C(/O)c3ccc(C)c(C)c3)C2c2ccc(C(C)(C)C)cc2)c1. The Morgan fingerprint density at radius 2 is 1.65 bits per heavy atom. The van der Waals surface area contributed by atoms with Crippen molar-refractivity contribution in [2.45, 2.75) is 59.4 Å². The van der Waals surface area contributed by atoms with E-state index in [4.69, 9.17) is 4.74 Å². The van der Waals surface area contributed by atoms with Gasteiger partial charge in [-0.15, -0.1) is 0 Å². The fourth-order valence-corrected chi connectivity index (χ4v) is 4.57. The molecule has 1 aliphatic rings. The van der Waals surface area contributed by atoms with Crippen molar-refractivity contribution in [2.24, 2.45) is 0 Å². The summed E-state index contributed by atoms with van der Waals surface area (Å²) in [5.41, 5.74) is 5.04. The van der Waals surface area contributed by atoms with Crippen molar-refractivity contribution in [1.29, 1.82) is 0 Å². The molecule has 0 radical (unpaired) electrons. The van der Waals surface area contributed by atoms with E-state index in [2.05, 4.69) is 20.8 Å². The molecule has 192 valence electrons. The van der Waals surface area contributed by atoms with Crippen LogP contribution in [0.4, 0.5) is 5.69 Å². The Hall–Kier alpha value is -3.86. The minimum atomic E-state index is -0.781. The molecule has 0 aromatic heterocycles. The minimum Gasteiger partial charge on any atom is -0.507 e. The monoisotopic (exact) mass is 497 g/mol. The molecular weight excluding hydrogens is 462 g/mol. The lowest BCUT2D eigenvalue weighted by Gasteiger charge is -2.27. The van der Waals surface area contributed by atoms with Gasteiger partial charge in [0.15, 0.2) is 0 Å². The lowest BCUT2D eigenvalue weighted by Crippen LogP contribution is -2.29. The lowest BCUT2D eigenvalue weighted by molar-refractivity contribution is -0.132. The van der Waals surface area contributed by atoms with Gasteiger partial charge in [0.2, 0.25) is 0 Å². The van der Waals surface area contributed by atoms with Gasteiger partial charge < -0.3 is 9.84 Å². The molecule has 1 aliphatic heterocycles. The normalized spacial score (nSPS) is 17.4. The van der Waals surface area contributed by atoms with Crippen molar-refractivity contribution in [3.05, 3.63) is 100 Å². The van der Waals surface area contributed by atoms with E-state index < -0.39 is 17.7 Å². The average Bonchev–Trinajstić information content (AvgIpc) is 3.14. The highest BCUT2D eigenvalue weighted by molar-refractivity contribution is 6.51. The summed E-state index contributed by atoms with van der Waals surface area (Å²) < 4.78 is 5.80. The van der Waals surface area contributed by atoms with Gasteiger partial charge in [-0.1, -0.05) is 70.2 Å².